The van der Waals surface area contributed by atoms with Gasteiger partial charge in [0.15, 0.2) is 23.9 Å². The molecule has 2 aromatic carbocycles. The molecule has 3 aromatic rings. The first kappa shape index (κ1) is 19.2. The number of ether oxygens (including phenoxy) is 4. The van der Waals surface area contributed by atoms with Crippen LogP contribution in [0.2, 0.25) is 0 Å². The summed E-state index contributed by atoms with van der Waals surface area (Å²) in [5, 5.41) is 15.3. The van der Waals surface area contributed by atoms with E-state index in [9.17, 15) is 14.9 Å². The van der Waals surface area contributed by atoms with Crippen molar-refractivity contribution >= 4 is 11.7 Å². The molecule has 0 atom stereocenters. The molecule has 0 saturated carbocycles. The van der Waals surface area contributed by atoms with Crippen LogP contribution in [0.3, 0.4) is 0 Å². The van der Waals surface area contributed by atoms with Gasteiger partial charge in [0.05, 0.1) is 18.1 Å². The number of aromatic nitrogens is 1. The predicted octanol–water partition coefficient (Wildman–Crippen LogP) is 3.39. The summed E-state index contributed by atoms with van der Waals surface area (Å²) in [7, 11) is 1.54. The molecule has 0 unspecified atom stereocenters. The number of hydrogen-bond donors (Lipinski definition) is 0. The summed E-state index contributed by atoms with van der Waals surface area (Å²) in [5.41, 5.74) is 0.540. The Balaban J connectivity index is 1.52. The highest BCUT2D eigenvalue weighted by Crippen LogP contribution is 2.37. The molecule has 30 heavy (non-hydrogen) atoms. The summed E-state index contributed by atoms with van der Waals surface area (Å²) in [5.74, 6) is 0.442. The molecule has 10 nitrogen and oxygen atoms in total. The number of carbonyl (C=O) groups is 1. The van der Waals surface area contributed by atoms with Crippen LogP contribution in [-0.4, -0.2) is 36.4 Å². The number of nitro benzene ring substituents is 1. The van der Waals surface area contributed by atoms with Gasteiger partial charge in [-0.1, -0.05) is 17.3 Å². The molecular weight excluding hydrogens is 396 g/mol. The van der Waals surface area contributed by atoms with E-state index in [0.717, 1.165) is 6.07 Å². The highest BCUT2D eigenvalue weighted by molar-refractivity contribution is 5.95. The zero-order chi connectivity index (χ0) is 21.1. The van der Waals surface area contributed by atoms with Crippen molar-refractivity contribution in [2.75, 3.05) is 20.3 Å². The first-order chi connectivity index (χ1) is 14.6. The predicted molar refractivity (Wildman–Crippen MR) is 102 cm³/mol. The Morgan fingerprint density at radius 3 is 2.63 bits per heavy atom. The number of nitro groups is 1. The van der Waals surface area contributed by atoms with Crippen molar-refractivity contribution in [3.8, 4) is 28.5 Å². The molecule has 0 fully saturated rings. The lowest BCUT2D eigenvalue weighted by atomic mass is 10.1. The van der Waals surface area contributed by atoms with Gasteiger partial charge in [-0.15, -0.1) is 0 Å². The first-order valence-electron chi connectivity index (χ1n) is 8.91. The molecule has 1 aliphatic heterocycles. The largest absolute Gasteiger partial charge is 0.496 e. The molecule has 10 heteroatoms. The van der Waals surface area contributed by atoms with Crippen LogP contribution in [0.25, 0.3) is 11.3 Å². The second-order valence-corrected chi connectivity index (χ2v) is 6.23. The monoisotopic (exact) mass is 412 g/mol. The Bertz CT molecular complexity index is 1110. The van der Waals surface area contributed by atoms with Crippen molar-refractivity contribution < 1.29 is 33.2 Å². The van der Waals surface area contributed by atoms with Gasteiger partial charge >= 0.3 is 5.97 Å². The fourth-order valence-corrected chi connectivity index (χ4v) is 2.97. The summed E-state index contributed by atoms with van der Waals surface area (Å²) in [6.45, 7) is 0.295. The van der Waals surface area contributed by atoms with Gasteiger partial charge in [-0.05, 0) is 12.1 Å². The maximum Gasteiger partial charge on any atom is 0.345 e. The fourth-order valence-electron chi connectivity index (χ4n) is 2.97. The van der Waals surface area contributed by atoms with Gasteiger partial charge < -0.3 is 23.5 Å². The number of fused-ring (bicyclic) bond motifs is 1. The minimum atomic E-state index is -0.895. The number of benzene rings is 2. The number of methoxy groups -OCH3 is 1. The van der Waals surface area contributed by atoms with E-state index in [4.69, 9.17) is 23.5 Å². The molecule has 0 amide bonds. The number of para-hydroxylation sites is 1. The van der Waals surface area contributed by atoms with Crippen molar-refractivity contribution in [3.05, 3.63) is 63.9 Å². The molecule has 0 saturated heterocycles. The molecule has 2 heterocycles. The highest BCUT2D eigenvalue weighted by atomic mass is 16.6. The Hall–Kier alpha value is -4.08. The second kappa shape index (κ2) is 8.11. The van der Waals surface area contributed by atoms with Crippen molar-refractivity contribution in [2.45, 2.75) is 6.61 Å². The third-order valence-electron chi connectivity index (χ3n) is 4.36. The van der Waals surface area contributed by atoms with Gasteiger partial charge in [0.25, 0.3) is 5.69 Å². The SMILES string of the molecule is COc1ccccc1-c1cc(COC(=O)c2cc3c(cc2[N+](=O)[O-])OCCO3)on1. The molecule has 1 aliphatic rings. The summed E-state index contributed by atoms with van der Waals surface area (Å²) in [6.07, 6.45) is 0. The van der Waals surface area contributed by atoms with E-state index >= 15 is 0 Å². The lowest BCUT2D eigenvalue weighted by molar-refractivity contribution is -0.385. The Kier molecular flexibility index (Phi) is 5.21. The quantitative estimate of drug-likeness (QED) is 0.340. The van der Waals surface area contributed by atoms with Crippen LogP contribution < -0.4 is 14.2 Å². The van der Waals surface area contributed by atoms with Gasteiger partial charge in [0, 0.05) is 17.7 Å². The average Bonchev–Trinajstić information content (AvgIpc) is 3.25. The zero-order valence-electron chi connectivity index (χ0n) is 15.8. The van der Waals surface area contributed by atoms with Crippen LogP contribution in [0, 0.1) is 10.1 Å². The summed E-state index contributed by atoms with van der Waals surface area (Å²) >= 11 is 0. The van der Waals surface area contributed by atoms with Crippen LogP contribution >= 0.6 is 0 Å². The number of carbonyl (C=O) groups excluding carboxylic acids is 1. The molecule has 0 bridgehead atoms. The van der Waals surface area contributed by atoms with Gasteiger partial charge in [0.1, 0.15) is 30.2 Å². The van der Waals surface area contributed by atoms with Gasteiger partial charge in [-0.25, -0.2) is 4.79 Å². The molecule has 1 aromatic heterocycles. The standard InChI is InChI=1S/C20H16N2O8/c1-26-17-5-3-2-4-13(17)15-8-12(30-21-15)11-29-20(23)14-9-18-19(28-7-6-27-18)10-16(14)22(24)25/h2-5,8-10H,6-7,11H2,1H3. The van der Waals surface area contributed by atoms with Crippen LogP contribution in [-0.2, 0) is 11.3 Å². The smallest absolute Gasteiger partial charge is 0.345 e. The second-order valence-electron chi connectivity index (χ2n) is 6.23. The van der Waals surface area contributed by atoms with Crippen molar-refractivity contribution in [1.82, 2.24) is 5.16 Å². The maximum absolute atomic E-state index is 12.5. The van der Waals surface area contributed by atoms with Crippen LogP contribution in [0.15, 0.2) is 47.0 Å². The topological polar surface area (TPSA) is 123 Å². The zero-order valence-corrected chi connectivity index (χ0v) is 15.8. The molecule has 0 spiro atoms. The molecule has 0 N–H and O–H groups in total. The van der Waals surface area contributed by atoms with E-state index in [-0.39, 0.29) is 42.6 Å². The third-order valence-corrected chi connectivity index (χ3v) is 4.36. The molecule has 0 aliphatic carbocycles. The van der Waals surface area contributed by atoms with E-state index < -0.39 is 16.6 Å². The van der Waals surface area contributed by atoms with E-state index in [1.807, 2.05) is 18.2 Å². The number of esters is 1. The minimum absolute atomic E-state index is 0.209. The fraction of sp³-hybridized carbons (Fsp3) is 0.200. The maximum atomic E-state index is 12.5. The van der Waals surface area contributed by atoms with Gasteiger partial charge in [0.2, 0.25) is 0 Å². The molecule has 4 rings (SSSR count). The van der Waals surface area contributed by atoms with Crippen LogP contribution in [0.1, 0.15) is 16.1 Å². The van der Waals surface area contributed by atoms with E-state index in [1.54, 1.807) is 19.2 Å². The minimum Gasteiger partial charge on any atom is -0.496 e. The molecule has 0 radical (unpaired) electrons. The van der Waals surface area contributed by atoms with Crippen molar-refractivity contribution in [1.29, 1.82) is 0 Å². The van der Waals surface area contributed by atoms with Crippen molar-refractivity contribution in [2.24, 2.45) is 0 Å². The van der Waals surface area contributed by atoms with E-state index in [0.29, 0.717) is 17.0 Å². The van der Waals surface area contributed by atoms with Gasteiger partial charge in [-0.2, -0.15) is 0 Å². The van der Waals surface area contributed by atoms with Crippen LogP contribution in [0.4, 0.5) is 5.69 Å². The highest BCUT2D eigenvalue weighted by Gasteiger charge is 2.27. The Morgan fingerprint density at radius 2 is 1.90 bits per heavy atom. The van der Waals surface area contributed by atoms with Gasteiger partial charge in [-0.3, -0.25) is 10.1 Å². The van der Waals surface area contributed by atoms with Crippen LogP contribution in [0.5, 0.6) is 17.2 Å². The molecule has 154 valence electrons. The summed E-state index contributed by atoms with van der Waals surface area (Å²) in [6, 6.07) is 11.2. The lowest BCUT2D eigenvalue weighted by Crippen LogP contribution is -2.17. The first-order valence-corrected chi connectivity index (χ1v) is 8.91. The summed E-state index contributed by atoms with van der Waals surface area (Å²) < 4.78 is 26.4. The lowest BCUT2D eigenvalue weighted by Gasteiger charge is -2.18. The molecular formula is C20H16N2O8. The number of nitrogens with zero attached hydrogens (tertiary/aromatic N) is 2. The normalized spacial score (nSPS) is 12.3. The number of rotatable bonds is 6. The van der Waals surface area contributed by atoms with E-state index in [2.05, 4.69) is 5.16 Å². The van der Waals surface area contributed by atoms with Crippen molar-refractivity contribution in [3.63, 3.8) is 0 Å². The Morgan fingerprint density at radius 1 is 1.17 bits per heavy atom. The third kappa shape index (κ3) is 3.75. The summed E-state index contributed by atoms with van der Waals surface area (Å²) in [4.78, 5) is 23.2. The average molecular weight is 412 g/mol. The Labute approximate surface area is 170 Å². The number of hydrogen-bond acceptors (Lipinski definition) is 9. The van der Waals surface area contributed by atoms with E-state index in [1.165, 1.54) is 6.07 Å².